The van der Waals surface area contributed by atoms with Crippen molar-refractivity contribution in [1.82, 2.24) is 4.90 Å². The van der Waals surface area contributed by atoms with Crippen LogP contribution in [-0.2, 0) is 9.59 Å². The zero-order valence-electron chi connectivity index (χ0n) is 14.3. The molecule has 0 spiro atoms. The topological polar surface area (TPSA) is 78.9 Å². The lowest BCUT2D eigenvalue weighted by atomic mass is 10.2. The SMILES string of the molecule is COc1ccc(/C=C2\SC(=S)N(CC(=O)Nc3ccc(O)cc3)C2=O)cc1. The summed E-state index contributed by atoms with van der Waals surface area (Å²) >= 11 is 6.41. The van der Waals surface area contributed by atoms with Gasteiger partial charge in [-0.1, -0.05) is 36.1 Å². The van der Waals surface area contributed by atoms with E-state index < -0.39 is 0 Å². The molecule has 3 rings (SSSR count). The Bertz CT molecular complexity index is 908. The summed E-state index contributed by atoms with van der Waals surface area (Å²) < 4.78 is 5.45. The van der Waals surface area contributed by atoms with Gasteiger partial charge in [0.25, 0.3) is 5.91 Å². The van der Waals surface area contributed by atoms with E-state index in [0.717, 1.165) is 23.1 Å². The van der Waals surface area contributed by atoms with Crippen molar-refractivity contribution >= 4 is 51.9 Å². The van der Waals surface area contributed by atoms with Crippen LogP contribution in [-0.4, -0.2) is 39.8 Å². The Morgan fingerprint density at radius 3 is 2.52 bits per heavy atom. The van der Waals surface area contributed by atoms with Gasteiger partial charge < -0.3 is 15.2 Å². The molecule has 2 aromatic rings. The van der Waals surface area contributed by atoms with E-state index in [1.165, 1.54) is 17.0 Å². The number of thiocarbonyl (C=S) groups is 1. The van der Waals surface area contributed by atoms with Crippen molar-refractivity contribution < 1.29 is 19.4 Å². The summed E-state index contributed by atoms with van der Waals surface area (Å²) in [6, 6.07) is 13.4. The fourth-order valence-electron chi connectivity index (χ4n) is 2.38. The predicted molar refractivity (Wildman–Crippen MR) is 110 cm³/mol. The first kappa shape index (κ1) is 18.9. The second-order valence-electron chi connectivity index (χ2n) is 5.64. The Balaban J connectivity index is 1.67. The van der Waals surface area contributed by atoms with E-state index in [0.29, 0.717) is 14.9 Å². The molecule has 0 atom stereocenters. The van der Waals surface area contributed by atoms with Crippen molar-refractivity contribution in [3.8, 4) is 11.5 Å². The summed E-state index contributed by atoms with van der Waals surface area (Å²) in [6.45, 7) is -0.175. The highest BCUT2D eigenvalue weighted by molar-refractivity contribution is 8.26. The van der Waals surface area contributed by atoms with E-state index in [-0.39, 0.29) is 24.1 Å². The third-order valence-electron chi connectivity index (χ3n) is 3.74. The Morgan fingerprint density at radius 1 is 1.22 bits per heavy atom. The van der Waals surface area contributed by atoms with E-state index in [1.54, 1.807) is 37.5 Å². The van der Waals surface area contributed by atoms with E-state index >= 15 is 0 Å². The van der Waals surface area contributed by atoms with Gasteiger partial charge in [-0.05, 0) is 48.0 Å². The number of carbonyl (C=O) groups excluding carboxylic acids is 2. The fraction of sp³-hybridized carbons (Fsp3) is 0.105. The van der Waals surface area contributed by atoms with Crippen LogP contribution in [0.3, 0.4) is 0 Å². The lowest BCUT2D eigenvalue weighted by molar-refractivity contribution is -0.126. The highest BCUT2D eigenvalue weighted by Gasteiger charge is 2.33. The van der Waals surface area contributed by atoms with Crippen LogP contribution < -0.4 is 10.1 Å². The molecule has 0 unspecified atom stereocenters. The zero-order valence-corrected chi connectivity index (χ0v) is 16.0. The Hall–Kier alpha value is -2.84. The number of nitrogens with zero attached hydrogens (tertiary/aromatic N) is 1. The van der Waals surface area contributed by atoms with Crippen molar-refractivity contribution in [2.45, 2.75) is 0 Å². The Morgan fingerprint density at radius 2 is 1.89 bits per heavy atom. The van der Waals surface area contributed by atoms with Crippen molar-refractivity contribution in [3.63, 3.8) is 0 Å². The minimum Gasteiger partial charge on any atom is -0.508 e. The third-order valence-corrected chi connectivity index (χ3v) is 5.12. The van der Waals surface area contributed by atoms with Crippen molar-refractivity contribution in [2.75, 3.05) is 19.0 Å². The zero-order chi connectivity index (χ0) is 19.4. The number of hydrogen-bond donors (Lipinski definition) is 2. The molecule has 0 bridgehead atoms. The number of benzene rings is 2. The summed E-state index contributed by atoms with van der Waals surface area (Å²) in [5.41, 5.74) is 1.36. The molecule has 6 nitrogen and oxygen atoms in total. The molecule has 1 heterocycles. The van der Waals surface area contributed by atoms with Gasteiger partial charge in [0, 0.05) is 5.69 Å². The highest BCUT2D eigenvalue weighted by atomic mass is 32.2. The Labute approximate surface area is 165 Å². The van der Waals surface area contributed by atoms with Gasteiger partial charge in [-0.25, -0.2) is 0 Å². The van der Waals surface area contributed by atoms with Crippen LogP contribution >= 0.6 is 24.0 Å². The quantitative estimate of drug-likeness (QED) is 0.456. The number of ether oxygens (including phenoxy) is 1. The van der Waals surface area contributed by atoms with Gasteiger partial charge in [0.15, 0.2) is 0 Å². The van der Waals surface area contributed by atoms with Crippen LogP contribution in [0.2, 0.25) is 0 Å². The monoisotopic (exact) mass is 400 g/mol. The number of amides is 2. The molecule has 0 saturated carbocycles. The molecule has 0 aliphatic carbocycles. The van der Waals surface area contributed by atoms with E-state index in [2.05, 4.69) is 5.32 Å². The number of carbonyl (C=O) groups is 2. The number of phenols is 1. The van der Waals surface area contributed by atoms with Crippen LogP contribution in [0.15, 0.2) is 53.4 Å². The molecule has 8 heteroatoms. The van der Waals surface area contributed by atoms with Gasteiger partial charge in [-0.3, -0.25) is 14.5 Å². The van der Waals surface area contributed by atoms with E-state index in [4.69, 9.17) is 17.0 Å². The second-order valence-corrected chi connectivity index (χ2v) is 7.31. The number of thioether (sulfide) groups is 1. The smallest absolute Gasteiger partial charge is 0.266 e. The minimum absolute atomic E-state index is 0.105. The number of methoxy groups -OCH3 is 1. The summed E-state index contributed by atoms with van der Waals surface area (Å²) in [5.74, 6) is 0.156. The third kappa shape index (κ3) is 4.66. The summed E-state index contributed by atoms with van der Waals surface area (Å²) in [6.07, 6.45) is 1.73. The molecule has 2 N–H and O–H groups in total. The molecular weight excluding hydrogens is 384 g/mol. The maximum absolute atomic E-state index is 12.6. The number of phenolic OH excluding ortho intramolecular Hbond substituents is 1. The molecule has 1 saturated heterocycles. The normalized spacial score (nSPS) is 15.3. The van der Waals surface area contributed by atoms with Crippen LogP contribution in [0.4, 0.5) is 5.69 Å². The van der Waals surface area contributed by atoms with E-state index in [1.807, 2.05) is 12.1 Å². The van der Waals surface area contributed by atoms with E-state index in [9.17, 15) is 14.7 Å². The van der Waals surface area contributed by atoms with Crippen LogP contribution in [0.1, 0.15) is 5.56 Å². The first-order chi connectivity index (χ1) is 13.0. The molecule has 27 heavy (non-hydrogen) atoms. The maximum atomic E-state index is 12.6. The molecule has 0 aromatic heterocycles. The van der Waals surface area contributed by atoms with Gasteiger partial charge >= 0.3 is 0 Å². The van der Waals surface area contributed by atoms with Crippen molar-refractivity contribution in [1.29, 1.82) is 0 Å². The number of hydrogen-bond acceptors (Lipinski definition) is 6. The standard InChI is InChI=1S/C19H16N2O4S2/c1-25-15-8-2-12(3-9-15)10-16-18(24)21(19(26)27-16)11-17(23)20-13-4-6-14(22)7-5-13/h2-10,22H,11H2,1H3,(H,20,23)/b16-10-. The van der Waals surface area contributed by atoms with Gasteiger partial charge in [-0.15, -0.1) is 0 Å². The van der Waals surface area contributed by atoms with Crippen molar-refractivity contribution in [3.05, 3.63) is 59.0 Å². The van der Waals surface area contributed by atoms with Gasteiger partial charge in [0.05, 0.1) is 12.0 Å². The number of rotatable bonds is 5. The van der Waals surface area contributed by atoms with Crippen LogP contribution in [0.25, 0.3) is 6.08 Å². The molecule has 2 aromatic carbocycles. The Kier molecular flexibility index (Phi) is 5.78. The van der Waals surface area contributed by atoms with Crippen molar-refractivity contribution in [2.24, 2.45) is 0 Å². The molecule has 1 fully saturated rings. The average molecular weight is 400 g/mol. The largest absolute Gasteiger partial charge is 0.508 e. The lowest BCUT2D eigenvalue weighted by Gasteiger charge is -2.14. The predicted octanol–water partition coefficient (Wildman–Crippen LogP) is 3.24. The summed E-state index contributed by atoms with van der Waals surface area (Å²) in [4.78, 5) is 26.5. The number of anilines is 1. The molecule has 138 valence electrons. The van der Waals surface area contributed by atoms with Crippen LogP contribution in [0, 0.1) is 0 Å². The molecule has 2 amide bonds. The molecular formula is C19H16N2O4S2. The molecule has 0 radical (unpaired) electrons. The van der Waals surface area contributed by atoms with Crippen LogP contribution in [0.5, 0.6) is 11.5 Å². The molecule has 1 aliphatic rings. The maximum Gasteiger partial charge on any atom is 0.266 e. The number of nitrogens with one attached hydrogen (secondary N) is 1. The lowest BCUT2D eigenvalue weighted by Crippen LogP contribution is -2.36. The minimum atomic E-state index is -0.373. The summed E-state index contributed by atoms with van der Waals surface area (Å²) in [7, 11) is 1.59. The average Bonchev–Trinajstić information content (AvgIpc) is 2.91. The second kappa shape index (κ2) is 8.24. The number of aromatic hydroxyl groups is 1. The summed E-state index contributed by atoms with van der Waals surface area (Å²) in [5, 5.41) is 11.9. The first-order valence-corrected chi connectivity index (χ1v) is 9.17. The fourth-order valence-corrected chi connectivity index (χ4v) is 3.63. The first-order valence-electron chi connectivity index (χ1n) is 7.94. The van der Waals surface area contributed by atoms with Gasteiger partial charge in [-0.2, -0.15) is 0 Å². The van der Waals surface area contributed by atoms with Gasteiger partial charge in [0.2, 0.25) is 5.91 Å². The van der Waals surface area contributed by atoms with Gasteiger partial charge in [0.1, 0.15) is 22.4 Å². The highest BCUT2D eigenvalue weighted by Crippen LogP contribution is 2.32. The molecule has 1 aliphatic heterocycles.